The van der Waals surface area contributed by atoms with Crippen LogP contribution in [0.2, 0.25) is 0 Å². The van der Waals surface area contributed by atoms with Gasteiger partial charge in [0.2, 0.25) is 0 Å². The molecule has 0 heterocycles. The summed E-state index contributed by atoms with van der Waals surface area (Å²) in [6, 6.07) is 0. The summed E-state index contributed by atoms with van der Waals surface area (Å²) in [6.07, 6.45) is 0.989. The summed E-state index contributed by atoms with van der Waals surface area (Å²) in [4.78, 5) is 10.2. The van der Waals surface area contributed by atoms with E-state index in [9.17, 15) is 4.79 Å². The second kappa shape index (κ2) is 6.89. The number of aliphatic carboxylic acids is 1. The molecule has 0 aliphatic heterocycles. The molecule has 0 radical (unpaired) electrons. The fraction of sp³-hybridized carbons (Fsp3) is 0.900. The first kappa shape index (κ1) is 12.4. The lowest BCUT2D eigenvalue weighted by Crippen LogP contribution is -2.25. The Balaban J connectivity index is 3.21. The number of hydrogen-bond donors (Lipinski definition) is 2. The van der Waals surface area contributed by atoms with Crippen LogP contribution in [0.4, 0.5) is 0 Å². The molecule has 0 aliphatic rings. The van der Waals surface area contributed by atoms with Crippen molar-refractivity contribution in [3.63, 3.8) is 0 Å². The monoisotopic (exact) mass is 187 g/mol. The van der Waals surface area contributed by atoms with Gasteiger partial charge in [-0.2, -0.15) is 0 Å². The van der Waals surface area contributed by atoms with Crippen molar-refractivity contribution in [1.29, 1.82) is 0 Å². The molecular weight excluding hydrogens is 166 g/mol. The number of nitrogens with one attached hydrogen (secondary N) is 1. The average molecular weight is 187 g/mol. The van der Waals surface area contributed by atoms with Gasteiger partial charge in [-0.3, -0.25) is 4.79 Å². The molecule has 0 bridgehead atoms. The molecule has 0 amide bonds. The summed E-state index contributed by atoms with van der Waals surface area (Å²) in [5.41, 5.74) is 0. The molecule has 1 unspecified atom stereocenters. The van der Waals surface area contributed by atoms with Crippen LogP contribution in [0, 0.1) is 11.8 Å². The lowest BCUT2D eigenvalue weighted by Gasteiger charge is -2.15. The van der Waals surface area contributed by atoms with Crippen molar-refractivity contribution < 1.29 is 9.90 Å². The Morgan fingerprint density at radius 3 is 2.46 bits per heavy atom. The minimum Gasteiger partial charge on any atom is -0.481 e. The Labute approximate surface area is 80.5 Å². The third kappa shape index (κ3) is 7.78. The van der Waals surface area contributed by atoms with Crippen LogP contribution < -0.4 is 5.32 Å². The van der Waals surface area contributed by atoms with Crippen LogP contribution in [-0.4, -0.2) is 24.2 Å². The van der Waals surface area contributed by atoms with Gasteiger partial charge < -0.3 is 10.4 Å². The van der Waals surface area contributed by atoms with E-state index in [1.165, 1.54) is 0 Å². The van der Waals surface area contributed by atoms with Gasteiger partial charge >= 0.3 is 5.97 Å². The average Bonchev–Trinajstić information content (AvgIpc) is 2.02. The van der Waals surface area contributed by atoms with E-state index in [1.54, 1.807) is 0 Å². The van der Waals surface area contributed by atoms with Crippen LogP contribution in [0.25, 0.3) is 0 Å². The lowest BCUT2D eigenvalue weighted by atomic mass is 9.98. The summed E-state index contributed by atoms with van der Waals surface area (Å²) >= 11 is 0. The molecule has 0 aromatic carbocycles. The van der Waals surface area contributed by atoms with Crippen LogP contribution in [-0.2, 0) is 4.79 Å². The van der Waals surface area contributed by atoms with Gasteiger partial charge in [0.05, 0.1) is 0 Å². The van der Waals surface area contributed by atoms with Gasteiger partial charge in [-0.15, -0.1) is 0 Å². The second-order valence-electron chi connectivity index (χ2n) is 3.92. The lowest BCUT2D eigenvalue weighted by molar-refractivity contribution is -0.137. The molecule has 2 N–H and O–H groups in total. The van der Waals surface area contributed by atoms with Gasteiger partial charge in [-0.1, -0.05) is 20.8 Å². The summed E-state index contributed by atoms with van der Waals surface area (Å²) in [5, 5.41) is 11.6. The van der Waals surface area contributed by atoms with Crippen molar-refractivity contribution in [2.24, 2.45) is 11.8 Å². The van der Waals surface area contributed by atoms with Crippen molar-refractivity contribution >= 4 is 5.97 Å². The Morgan fingerprint density at radius 1 is 1.38 bits per heavy atom. The first-order valence-electron chi connectivity index (χ1n) is 4.96. The Hall–Kier alpha value is -0.570. The van der Waals surface area contributed by atoms with Crippen LogP contribution in [0.5, 0.6) is 0 Å². The standard InChI is InChI=1S/C10H21NO2/c1-8(2)9(3)7-11-6-4-5-10(12)13/h8-9,11H,4-7H2,1-3H3,(H,12,13). The molecule has 0 saturated carbocycles. The predicted octanol–water partition coefficient (Wildman–Crippen LogP) is 1.73. The van der Waals surface area contributed by atoms with Crippen LogP contribution in [0.3, 0.4) is 0 Å². The smallest absolute Gasteiger partial charge is 0.303 e. The van der Waals surface area contributed by atoms with Crippen molar-refractivity contribution in [3.05, 3.63) is 0 Å². The molecule has 0 saturated heterocycles. The molecule has 0 aliphatic carbocycles. The van der Waals surface area contributed by atoms with E-state index in [2.05, 4.69) is 26.1 Å². The number of carboxylic acid groups (broad SMARTS) is 1. The minimum atomic E-state index is -0.710. The highest BCUT2D eigenvalue weighted by molar-refractivity contribution is 5.66. The quantitative estimate of drug-likeness (QED) is 0.597. The molecular formula is C10H21NO2. The molecule has 0 rings (SSSR count). The van der Waals surface area contributed by atoms with E-state index in [0.717, 1.165) is 19.5 Å². The highest BCUT2D eigenvalue weighted by atomic mass is 16.4. The zero-order valence-electron chi connectivity index (χ0n) is 8.84. The van der Waals surface area contributed by atoms with Gasteiger partial charge in [0.15, 0.2) is 0 Å². The Bertz CT molecular complexity index is 146. The normalized spacial score (nSPS) is 13.2. The molecule has 3 heteroatoms. The van der Waals surface area contributed by atoms with Crippen LogP contribution in [0.1, 0.15) is 33.6 Å². The van der Waals surface area contributed by atoms with Crippen molar-refractivity contribution in [1.82, 2.24) is 5.32 Å². The molecule has 3 nitrogen and oxygen atoms in total. The van der Waals surface area contributed by atoms with E-state index in [0.29, 0.717) is 11.8 Å². The second-order valence-corrected chi connectivity index (χ2v) is 3.92. The van der Waals surface area contributed by atoms with Crippen LogP contribution >= 0.6 is 0 Å². The molecule has 1 atom stereocenters. The van der Waals surface area contributed by atoms with E-state index < -0.39 is 5.97 Å². The largest absolute Gasteiger partial charge is 0.481 e. The fourth-order valence-corrected chi connectivity index (χ4v) is 0.930. The highest BCUT2D eigenvalue weighted by Gasteiger charge is 2.05. The number of hydrogen-bond acceptors (Lipinski definition) is 2. The predicted molar refractivity (Wildman–Crippen MR) is 53.7 cm³/mol. The topological polar surface area (TPSA) is 49.3 Å². The third-order valence-corrected chi connectivity index (χ3v) is 2.35. The molecule has 0 fully saturated rings. The zero-order chi connectivity index (χ0) is 10.3. The molecule has 0 aromatic rings. The fourth-order valence-electron chi connectivity index (χ4n) is 0.930. The maximum Gasteiger partial charge on any atom is 0.303 e. The molecule has 0 aromatic heterocycles. The first-order valence-corrected chi connectivity index (χ1v) is 4.96. The SMILES string of the molecule is CC(C)C(C)CNCCCC(=O)O. The van der Waals surface area contributed by atoms with E-state index in [1.807, 2.05) is 0 Å². The molecule has 0 spiro atoms. The summed E-state index contributed by atoms with van der Waals surface area (Å²) in [6.45, 7) is 8.39. The van der Waals surface area contributed by atoms with Crippen molar-refractivity contribution in [2.75, 3.05) is 13.1 Å². The van der Waals surface area contributed by atoms with E-state index >= 15 is 0 Å². The van der Waals surface area contributed by atoms with Gasteiger partial charge in [0.25, 0.3) is 0 Å². The van der Waals surface area contributed by atoms with Crippen LogP contribution in [0.15, 0.2) is 0 Å². The maximum absolute atomic E-state index is 10.2. The highest BCUT2D eigenvalue weighted by Crippen LogP contribution is 2.07. The third-order valence-electron chi connectivity index (χ3n) is 2.35. The number of carboxylic acids is 1. The summed E-state index contributed by atoms with van der Waals surface area (Å²) in [5.74, 6) is 0.635. The van der Waals surface area contributed by atoms with Crippen molar-refractivity contribution in [3.8, 4) is 0 Å². The van der Waals surface area contributed by atoms with E-state index in [4.69, 9.17) is 5.11 Å². The molecule has 78 valence electrons. The molecule has 13 heavy (non-hydrogen) atoms. The van der Waals surface area contributed by atoms with Gasteiger partial charge in [0, 0.05) is 6.42 Å². The zero-order valence-corrected chi connectivity index (χ0v) is 8.84. The number of carbonyl (C=O) groups is 1. The summed E-state index contributed by atoms with van der Waals surface area (Å²) < 4.78 is 0. The Kier molecular flexibility index (Phi) is 6.59. The first-order chi connectivity index (χ1) is 6.04. The van der Waals surface area contributed by atoms with Gasteiger partial charge in [-0.25, -0.2) is 0 Å². The summed E-state index contributed by atoms with van der Waals surface area (Å²) in [7, 11) is 0. The van der Waals surface area contributed by atoms with Gasteiger partial charge in [-0.05, 0) is 31.3 Å². The van der Waals surface area contributed by atoms with E-state index in [-0.39, 0.29) is 6.42 Å². The number of rotatable bonds is 7. The van der Waals surface area contributed by atoms with Crippen molar-refractivity contribution in [2.45, 2.75) is 33.6 Å². The Morgan fingerprint density at radius 2 is 2.00 bits per heavy atom. The minimum absolute atomic E-state index is 0.267. The van der Waals surface area contributed by atoms with Gasteiger partial charge in [0.1, 0.15) is 0 Å². The maximum atomic E-state index is 10.2.